The Hall–Kier alpha value is -4.18. The molecule has 10 nitrogen and oxygen atoms in total. The Morgan fingerprint density at radius 2 is 1.71 bits per heavy atom. The van der Waals surface area contributed by atoms with Gasteiger partial charge in [-0.3, -0.25) is 9.11 Å². The molecule has 4 aromatic rings. The Morgan fingerprint density at radius 1 is 1.00 bits per heavy atom. The first-order valence-corrected chi connectivity index (χ1v) is 14.2. The van der Waals surface area contributed by atoms with Crippen LogP contribution in [0.4, 0.5) is 39.3 Å². The highest BCUT2D eigenvalue weighted by atomic mass is 32.2. The van der Waals surface area contributed by atoms with E-state index >= 15 is 4.39 Å². The lowest BCUT2D eigenvalue weighted by atomic mass is 10.1. The Balaban J connectivity index is 0.000000892. The number of nitrogens with one attached hydrogen (secondary N) is 1. The minimum Gasteiger partial charge on any atom is -0.384 e. The number of ether oxygens (including phenoxy) is 1. The second-order valence-electron chi connectivity index (χ2n) is 8.56. The summed E-state index contributed by atoms with van der Waals surface area (Å²) in [6.07, 6.45) is -4.13. The smallest absolute Gasteiger partial charge is 0.384 e. The first-order chi connectivity index (χ1) is 19.8. The van der Waals surface area contributed by atoms with Crippen LogP contribution in [0.15, 0.2) is 42.6 Å². The zero-order valence-corrected chi connectivity index (χ0v) is 23.4. The number of pyridine rings is 2. The van der Waals surface area contributed by atoms with Crippen molar-refractivity contribution in [2.24, 2.45) is 0 Å². The zero-order valence-electron chi connectivity index (χ0n) is 22.5. The van der Waals surface area contributed by atoms with Gasteiger partial charge in [0.2, 0.25) is 10.0 Å². The van der Waals surface area contributed by atoms with Crippen LogP contribution in [-0.4, -0.2) is 54.0 Å². The van der Waals surface area contributed by atoms with Crippen molar-refractivity contribution in [1.82, 2.24) is 19.9 Å². The van der Waals surface area contributed by atoms with Crippen LogP contribution < -0.4 is 16.2 Å². The van der Waals surface area contributed by atoms with Crippen molar-refractivity contribution in [3.8, 4) is 22.6 Å². The van der Waals surface area contributed by atoms with E-state index in [2.05, 4.69) is 24.7 Å². The van der Waals surface area contributed by atoms with Crippen molar-refractivity contribution in [1.29, 1.82) is 0 Å². The SMILES string of the molecule is CCOCC.Nc1cc(C(F)(F)F)c(-c2nc(N)c3nc(-c4cccc(NS(=O)(=O)CCCF)c4F)ccc3n2)cn1. The summed E-state index contributed by atoms with van der Waals surface area (Å²) in [4.78, 5) is 16.0. The van der Waals surface area contributed by atoms with Gasteiger partial charge in [0.1, 0.15) is 11.3 Å². The van der Waals surface area contributed by atoms with E-state index in [0.29, 0.717) is 6.07 Å². The molecule has 0 saturated carbocycles. The Labute approximate surface area is 238 Å². The highest BCUT2D eigenvalue weighted by Crippen LogP contribution is 2.37. The molecule has 0 spiro atoms. The van der Waals surface area contributed by atoms with Crippen LogP contribution >= 0.6 is 0 Å². The van der Waals surface area contributed by atoms with Gasteiger partial charge in [-0.15, -0.1) is 0 Å². The standard InChI is InChI=1S/C22H18F5N7O2S.C4H10O/c23-7-2-8-37(35,36)34-15-4-1-3-11(18(15)24)14-5-6-16-19(31-14)20(29)33-21(32-16)12-10-30-17(28)9-13(12)22(25,26)27;1-3-5-4-2/h1,3-6,9-10,34H,2,7-8H2,(H2,28,30)(H2,29,32,33);3-4H2,1-2H3. The van der Waals surface area contributed by atoms with Gasteiger partial charge >= 0.3 is 6.18 Å². The number of fused-ring (bicyclic) bond motifs is 1. The number of sulfonamides is 1. The number of nitrogens with zero attached hydrogens (tertiary/aromatic N) is 4. The third-order valence-electron chi connectivity index (χ3n) is 5.54. The molecule has 0 fully saturated rings. The molecule has 0 aliphatic rings. The highest BCUT2D eigenvalue weighted by molar-refractivity contribution is 7.92. The average molecular weight is 614 g/mol. The topological polar surface area (TPSA) is 159 Å². The maximum Gasteiger partial charge on any atom is 0.417 e. The van der Waals surface area contributed by atoms with Crippen molar-refractivity contribution in [2.45, 2.75) is 26.4 Å². The quantitative estimate of drug-likeness (QED) is 0.215. The minimum absolute atomic E-state index is 0.0217. The van der Waals surface area contributed by atoms with Crippen LogP contribution in [0.5, 0.6) is 0 Å². The van der Waals surface area contributed by atoms with Gasteiger partial charge in [0.25, 0.3) is 0 Å². The summed E-state index contributed by atoms with van der Waals surface area (Å²) in [5.41, 5.74) is 9.44. The van der Waals surface area contributed by atoms with E-state index in [1.54, 1.807) is 0 Å². The molecule has 0 aliphatic heterocycles. The molecule has 0 unspecified atom stereocenters. The molecule has 0 aliphatic carbocycles. The number of nitrogen functional groups attached to an aromatic ring is 2. The van der Waals surface area contributed by atoms with Gasteiger partial charge in [-0.05, 0) is 50.6 Å². The lowest BCUT2D eigenvalue weighted by Crippen LogP contribution is -2.18. The predicted molar refractivity (Wildman–Crippen MR) is 150 cm³/mol. The molecule has 0 radical (unpaired) electrons. The highest BCUT2D eigenvalue weighted by Gasteiger charge is 2.35. The van der Waals surface area contributed by atoms with Crippen molar-refractivity contribution >= 4 is 38.4 Å². The van der Waals surface area contributed by atoms with Crippen LogP contribution in [0.1, 0.15) is 25.8 Å². The van der Waals surface area contributed by atoms with Gasteiger partial charge in [-0.25, -0.2) is 32.7 Å². The van der Waals surface area contributed by atoms with Crippen molar-refractivity contribution in [2.75, 3.05) is 41.8 Å². The molecule has 1 aromatic carbocycles. The monoisotopic (exact) mass is 613 g/mol. The van der Waals surface area contributed by atoms with E-state index in [9.17, 15) is 26.0 Å². The summed E-state index contributed by atoms with van der Waals surface area (Å²) < 4.78 is 99.1. The normalized spacial score (nSPS) is 11.7. The average Bonchev–Trinajstić information content (AvgIpc) is 2.93. The zero-order chi connectivity index (χ0) is 31.1. The second-order valence-corrected chi connectivity index (χ2v) is 10.4. The molecule has 0 saturated heterocycles. The molecule has 0 bridgehead atoms. The molecular weight excluding hydrogens is 585 g/mol. The van der Waals surface area contributed by atoms with Crippen LogP contribution in [0, 0.1) is 5.82 Å². The summed E-state index contributed by atoms with van der Waals surface area (Å²) >= 11 is 0. The van der Waals surface area contributed by atoms with Crippen molar-refractivity contribution < 1.29 is 35.1 Å². The number of alkyl halides is 4. The number of aromatic nitrogens is 4. The van der Waals surface area contributed by atoms with Gasteiger partial charge in [-0.1, -0.05) is 6.07 Å². The van der Waals surface area contributed by atoms with Gasteiger partial charge in [-0.2, -0.15) is 13.2 Å². The fourth-order valence-corrected chi connectivity index (χ4v) is 4.75. The van der Waals surface area contributed by atoms with Crippen LogP contribution in [0.3, 0.4) is 0 Å². The van der Waals surface area contributed by atoms with E-state index in [1.165, 1.54) is 30.3 Å². The predicted octanol–water partition coefficient (Wildman–Crippen LogP) is 5.22. The van der Waals surface area contributed by atoms with Gasteiger partial charge in [0, 0.05) is 30.5 Å². The Morgan fingerprint density at radius 3 is 2.33 bits per heavy atom. The van der Waals surface area contributed by atoms with Gasteiger partial charge < -0.3 is 16.2 Å². The van der Waals surface area contributed by atoms with Crippen LogP contribution in [0.25, 0.3) is 33.7 Å². The third-order valence-corrected chi connectivity index (χ3v) is 6.89. The number of nitrogens with two attached hydrogens (primary N) is 2. The molecule has 4 rings (SSSR count). The fraction of sp³-hybridized carbons (Fsp3) is 0.308. The molecule has 0 amide bonds. The first kappa shape index (κ1) is 32.3. The number of rotatable bonds is 9. The molecule has 42 heavy (non-hydrogen) atoms. The van der Waals surface area contributed by atoms with Gasteiger partial charge in [0.05, 0.1) is 34.9 Å². The van der Waals surface area contributed by atoms with Crippen LogP contribution in [-0.2, 0) is 20.9 Å². The summed E-state index contributed by atoms with van der Waals surface area (Å²) in [5, 5.41) is 0. The maximum atomic E-state index is 15.2. The summed E-state index contributed by atoms with van der Waals surface area (Å²) in [5.74, 6) is -2.47. The Bertz CT molecular complexity index is 1650. The number of anilines is 3. The van der Waals surface area contributed by atoms with E-state index in [-0.39, 0.29) is 51.9 Å². The van der Waals surface area contributed by atoms with Crippen molar-refractivity contribution in [3.05, 3.63) is 54.0 Å². The number of halogens is 5. The molecule has 226 valence electrons. The number of benzene rings is 1. The second kappa shape index (κ2) is 13.7. The Kier molecular flexibility index (Phi) is 10.5. The number of hydrogen-bond acceptors (Lipinski definition) is 9. The van der Waals surface area contributed by atoms with Crippen molar-refractivity contribution in [3.63, 3.8) is 0 Å². The van der Waals surface area contributed by atoms with E-state index in [1.807, 2.05) is 13.8 Å². The molecule has 5 N–H and O–H groups in total. The maximum absolute atomic E-state index is 15.2. The van der Waals surface area contributed by atoms with Gasteiger partial charge in [0.15, 0.2) is 17.5 Å². The lowest BCUT2D eigenvalue weighted by molar-refractivity contribution is -0.137. The summed E-state index contributed by atoms with van der Waals surface area (Å²) in [6, 6.07) is 7.26. The van der Waals surface area contributed by atoms with E-state index in [4.69, 9.17) is 16.2 Å². The number of hydrogen-bond donors (Lipinski definition) is 3. The first-order valence-electron chi connectivity index (χ1n) is 12.5. The molecule has 3 aromatic heterocycles. The minimum atomic E-state index is -4.77. The fourth-order valence-electron chi connectivity index (χ4n) is 3.67. The van der Waals surface area contributed by atoms with E-state index < -0.39 is 45.6 Å². The summed E-state index contributed by atoms with van der Waals surface area (Å²) in [6.45, 7) is 4.82. The largest absolute Gasteiger partial charge is 0.417 e. The van der Waals surface area contributed by atoms with E-state index in [0.717, 1.165) is 19.4 Å². The molecular formula is C26H28F5N7O3S. The lowest BCUT2D eigenvalue weighted by Gasteiger charge is -2.14. The molecule has 3 heterocycles. The molecule has 16 heteroatoms. The summed E-state index contributed by atoms with van der Waals surface area (Å²) in [7, 11) is -3.99. The third kappa shape index (κ3) is 7.97. The van der Waals surface area contributed by atoms with Crippen LogP contribution in [0.2, 0.25) is 0 Å². The molecule has 0 atom stereocenters.